The summed E-state index contributed by atoms with van der Waals surface area (Å²) in [6.45, 7) is 0.329. The molecular formula is C28H23Cl6NO6. The number of hydrogen-bond acceptors (Lipinski definition) is 6. The van der Waals surface area contributed by atoms with Gasteiger partial charge in [-0.05, 0) is 48.0 Å². The Hall–Kier alpha value is -2.39. The van der Waals surface area contributed by atoms with Gasteiger partial charge in [-0.1, -0.05) is 75.7 Å². The molecule has 0 radical (unpaired) electrons. The van der Waals surface area contributed by atoms with Crippen LogP contribution >= 0.6 is 69.6 Å². The summed E-state index contributed by atoms with van der Waals surface area (Å²) in [7, 11) is 0. The van der Waals surface area contributed by atoms with E-state index in [1.54, 1.807) is 48.5 Å². The molecule has 3 rings (SSSR count). The van der Waals surface area contributed by atoms with E-state index < -0.39 is 17.4 Å². The minimum Gasteiger partial charge on any atom is -0.493 e. The maximum atomic E-state index is 12.9. The molecule has 13 heteroatoms. The highest BCUT2D eigenvalue weighted by Gasteiger charge is 2.24. The Bertz CT molecular complexity index is 1370. The summed E-state index contributed by atoms with van der Waals surface area (Å²) in [6, 6.07) is 14.4. The van der Waals surface area contributed by atoms with E-state index in [1.807, 2.05) is 0 Å². The summed E-state index contributed by atoms with van der Waals surface area (Å²) in [6.07, 6.45) is 1.92. The molecule has 0 saturated carbocycles. The van der Waals surface area contributed by atoms with Gasteiger partial charge in [-0.3, -0.25) is 14.9 Å². The second-order valence-corrected chi connectivity index (χ2v) is 11.3. The number of ketones is 1. The lowest BCUT2D eigenvalue weighted by molar-refractivity contribution is -0.483. The Morgan fingerprint density at radius 3 is 2.12 bits per heavy atom. The largest absolute Gasteiger partial charge is 0.493 e. The third-order valence-electron chi connectivity index (χ3n) is 5.64. The maximum absolute atomic E-state index is 12.9. The van der Waals surface area contributed by atoms with E-state index >= 15 is 0 Å². The molecule has 41 heavy (non-hydrogen) atoms. The van der Waals surface area contributed by atoms with Crippen molar-refractivity contribution in [3.05, 3.63) is 106 Å². The number of nitrogens with zero attached hydrogens (tertiary/aromatic N) is 1. The van der Waals surface area contributed by atoms with Gasteiger partial charge in [0, 0.05) is 45.5 Å². The van der Waals surface area contributed by atoms with Crippen LogP contribution in [0.5, 0.6) is 17.2 Å². The first kappa shape index (κ1) is 33.1. The van der Waals surface area contributed by atoms with Crippen molar-refractivity contribution in [3.8, 4) is 17.2 Å². The fourth-order valence-corrected chi connectivity index (χ4v) is 5.01. The number of carbonyl (C=O) groups excluding carboxylic acids is 1. The molecule has 0 fully saturated rings. The van der Waals surface area contributed by atoms with Gasteiger partial charge < -0.3 is 14.2 Å². The summed E-state index contributed by atoms with van der Waals surface area (Å²) in [5.74, 6) is 0.353. The first-order valence-corrected chi connectivity index (χ1v) is 14.4. The van der Waals surface area contributed by atoms with Crippen LogP contribution in [0.25, 0.3) is 0 Å². The van der Waals surface area contributed by atoms with Gasteiger partial charge in [-0.2, -0.15) is 0 Å². The molecule has 0 heterocycles. The minimum atomic E-state index is -0.698. The van der Waals surface area contributed by atoms with E-state index in [0.717, 1.165) is 0 Å². The van der Waals surface area contributed by atoms with Gasteiger partial charge >= 0.3 is 0 Å². The quantitative estimate of drug-likeness (QED) is 0.0687. The van der Waals surface area contributed by atoms with Crippen LogP contribution in [0.3, 0.4) is 0 Å². The molecule has 0 aliphatic rings. The maximum Gasteiger partial charge on any atom is 0.211 e. The highest BCUT2D eigenvalue weighted by atomic mass is 35.5. The van der Waals surface area contributed by atoms with Crippen LogP contribution in [0.2, 0.25) is 20.1 Å². The van der Waals surface area contributed by atoms with Crippen LogP contribution in [0.4, 0.5) is 0 Å². The molecule has 0 N–H and O–H groups in total. The van der Waals surface area contributed by atoms with Crippen LogP contribution in [0.15, 0.2) is 65.2 Å². The Morgan fingerprint density at radius 2 is 1.51 bits per heavy atom. The van der Waals surface area contributed by atoms with Crippen LogP contribution in [0, 0.1) is 10.1 Å². The molecule has 0 bridgehead atoms. The van der Waals surface area contributed by atoms with E-state index in [0.29, 0.717) is 46.4 Å². The van der Waals surface area contributed by atoms with E-state index in [2.05, 4.69) is 0 Å². The summed E-state index contributed by atoms with van der Waals surface area (Å²) >= 11 is 35.8. The van der Waals surface area contributed by atoms with Crippen molar-refractivity contribution in [3.63, 3.8) is 0 Å². The van der Waals surface area contributed by atoms with Crippen molar-refractivity contribution in [1.29, 1.82) is 0 Å². The molecule has 0 spiro atoms. The fraction of sp³-hybridized carbons (Fsp3) is 0.250. The summed E-state index contributed by atoms with van der Waals surface area (Å²) in [4.78, 5) is 23.7. The number of halogens is 6. The van der Waals surface area contributed by atoms with Gasteiger partial charge in [0.25, 0.3) is 0 Å². The Kier molecular flexibility index (Phi) is 13.2. The predicted molar refractivity (Wildman–Crippen MR) is 164 cm³/mol. The van der Waals surface area contributed by atoms with Gasteiger partial charge in [0.15, 0.2) is 11.5 Å². The van der Waals surface area contributed by atoms with Crippen LogP contribution in [-0.4, -0.2) is 37.1 Å². The molecule has 3 aromatic rings. The van der Waals surface area contributed by atoms with Crippen molar-refractivity contribution in [2.24, 2.45) is 0 Å². The Balaban J connectivity index is 1.49. The van der Waals surface area contributed by atoms with E-state index in [4.69, 9.17) is 83.8 Å². The highest BCUT2D eigenvalue weighted by Crippen LogP contribution is 2.37. The zero-order valence-electron chi connectivity index (χ0n) is 21.3. The van der Waals surface area contributed by atoms with Crippen molar-refractivity contribution < 1.29 is 23.9 Å². The van der Waals surface area contributed by atoms with E-state index in [1.165, 1.54) is 12.1 Å². The van der Waals surface area contributed by atoms with Gasteiger partial charge in [0.1, 0.15) is 22.6 Å². The second kappa shape index (κ2) is 16.3. The molecular weight excluding hydrogens is 659 g/mol. The number of hydrogen-bond donors (Lipinski definition) is 0. The summed E-state index contributed by atoms with van der Waals surface area (Å²) in [5, 5.41) is 12.5. The number of Topliss-reactive ketones (excluding diaryl/α,β-unsaturated/α-hetero) is 1. The topological polar surface area (TPSA) is 87.9 Å². The van der Waals surface area contributed by atoms with Crippen molar-refractivity contribution in [1.82, 2.24) is 0 Å². The SMILES string of the molecule is O=C(CC(C[N+](=O)[O-])c1ccc(Cl)cc1Cl)c1ccc(OCCCOc2c(Cl)cc(OCC=C(Cl)Cl)cc2Cl)cc1. The second-order valence-electron chi connectivity index (χ2n) is 8.60. The van der Waals surface area contributed by atoms with Gasteiger partial charge in [-0.15, -0.1) is 0 Å². The predicted octanol–water partition coefficient (Wildman–Crippen LogP) is 9.48. The molecule has 218 valence electrons. The summed E-state index contributed by atoms with van der Waals surface area (Å²) in [5.41, 5.74) is 0.901. The molecule has 1 unspecified atom stereocenters. The molecule has 0 saturated heterocycles. The lowest BCUT2D eigenvalue weighted by Crippen LogP contribution is -2.17. The van der Waals surface area contributed by atoms with Gasteiger partial charge in [0.2, 0.25) is 6.54 Å². The lowest BCUT2D eigenvalue weighted by Gasteiger charge is -2.15. The number of rotatable bonds is 15. The highest BCUT2D eigenvalue weighted by molar-refractivity contribution is 6.55. The van der Waals surface area contributed by atoms with Gasteiger partial charge in [0.05, 0.1) is 29.2 Å². The zero-order valence-corrected chi connectivity index (χ0v) is 25.8. The molecule has 0 aliphatic carbocycles. The monoisotopic (exact) mass is 679 g/mol. The average molecular weight is 682 g/mol. The molecule has 1 atom stereocenters. The third kappa shape index (κ3) is 10.7. The molecule has 0 amide bonds. The smallest absolute Gasteiger partial charge is 0.211 e. The van der Waals surface area contributed by atoms with Crippen LogP contribution in [-0.2, 0) is 0 Å². The summed E-state index contributed by atoms with van der Waals surface area (Å²) < 4.78 is 17.0. The number of nitro groups is 1. The first-order chi connectivity index (χ1) is 19.5. The number of carbonyl (C=O) groups is 1. The lowest BCUT2D eigenvalue weighted by atomic mass is 9.91. The number of ether oxygens (including phenoxy) is 3. The van der Waals surface area contributed by atoms with E-state index in [9.17, 15) is 14.9 Å². The number of benzene rings is 3. The van der Waals surface area contributed by atoms with Gasteiger partial charge in [-0.25, -0.2) is 0 Å². The first-order valence-electron chi connectivity index (χ1n) is 12.1. The average Bonchev–Trinajstić information content (AvgIpc) is 2.89. The fourth-order valence-electron chi connectivity index (χ4n) is 3.75. The van der Waals surface area contributed by atoms with Crippen molar-refractivity contribution >= 4 is 75.4 Å². The standard InChI is InChI=1S/C28H23Cl6NO6/c29-19-4-7-22(23(30)13-19)18(16-35(37)38)12-26(36)17-2-5-20(6-3-17)39-9-1-10-41-28-24(31)14-21(15-25(28)32)40-11-8-27(33)34/h2-8,13-15,18H,1,9-12,16H2. The minimum absolute atomic E-state index is 0.0864. The Labute approximate surface area is 266 Å². The molecule has 0 aromatic heterocycles. The molecule has 0 aliphatic heterocycles. The third-order valence-corrected chi connectivity index (χ3v) is 7.08. The van der Waals surface area contributed by atoms with E-state index in [-0.39, 0.29) is 45.0 Å². The zero-order chi connectivity index (χ0) is 29.9. The van der Waals surface area contributed by atoms with Crippen LogP contribution in [0.1, 0.15) is 34.7 Å². The van der Waals surface area contributed by atoms with Crippen LogP contribution < -0.4 is 14.2 Å². The van der Waals surface area contributed by atoms with Crippen molar-refractivity contribution in [2.75, 3.05) is 26.4 Å². The van der Waals surface area contributed by atoms with Crippen molar-refractivity contribution in [2.45, 2.75) is 18.8 Å². The molecule has 3 aromatic carbocycles. The Morgan fingerprint density at radius 1 is 0.854 bits per heavy atom. The normalized spacial score (nSPS) is 11.5. The molecule has 7 nitrogen and oxygen atoms in total.